The van der Waals surface area contributed by atoms with Gasteiger partial charge in [-0.3, -0.25) is 4.84 Å². The number of benzene rings is 1. The molecule has 0 amide bonds. The standard InChI is InChI=1S/C8H8ClF2NO/c9-6-1-2-7(8(10)11)5(3-6)4-13-12/h1-3,8H,4,12H2. The van der Waals surface area contributed by atoms with Gasteiger partial charge < -0.3 is 0 Å². The summed E-state index contributed by atoms with van der Waals surface area (Å²) in [5, 5.41) is 0.386. The van der Waals surface area contributed by atoms with Crippen molar-refractivity contribution in [3.05, 3.63) is 34.3 Å². The first-order chi connectivity index (χ1) is 6.15. The summed E-state index contributed by atoms with van der Waals surface area (Å²) >= 11 is 5.62. The van der Waals surface area contributed by atoms with Gasteiger partial charge in [-0.2, -0.15) is 0 Å². The smallest absolute Gasteiger partial charge is 0.264 e. The SMILES string of the molecule is NOCc1cc(Cl)ccc1C(F)F. The van der Waals surface area contributed by atoms with Gasteiger partial charge in [-0.1, -0.05) is 17.7 Å². The topological polar surface area (TPSA) is 35.2 Å². The van der Waals surface area contributed by atoms with Crippen molar-refractivity contribution in [2.45, 2.75) is 13.0 Å². The van der Waals surface area contributed by atoms with Gasteiger partial charge in [-0.05, 0) is 17.7 Å². The summed E-state index contributed by atoms with van der Waals surface area (Å²) in [5.41, 5.74) is 0.208. The molecule has 2 nitrogen and oxygen atoms in total. The maximum Gasteiger partial charge on any atom is 0.264 e. The molecule has 0 fully saturated rings. The highest BCUT2D eigenvalue weighted by molar-refractivity contribution is 6.30. The second-order valence-corrected chi connectivity index (χ2v) is 2.89. The Morgan fingerprint density at radius 2 is 2.15 bits per heavy atom. The van der Waals surface area contributed by atoms with Gasteiger partial charge in [0, 0.05) is 10.6 Å². The van der Waals surface area contributed by atoms with Crippen LogP contribution in [0.25, 0.3) is 0 Å². The summed E-state index contributed by atoms with van der Waals surface area (Å²) in [5.74, 6) is 4.79. The van der Waals surface area contributed by atoms with Gasteiger partial charge >= 0.3 is 0 Å². The highest BCUT2D eigenvalue weighted by atomic mass is 35.5. The van der Waals surface area contributed by atoms with Crippen LogP contribution in [0.2, 0.25) is 5.02 Å². The Hall–Kier alpha value is -0.710. The number of halogens is 3. The molecule has 0 atom stereocenters. The van der Waals surface area contributed by atoms with E-state index in [4.69, 9.17) is 17.5 Å². The molecule has 0 spiro atoms. The molecule has 2 N–H and O–H groups in total. The van der Waals surface area contributed by atoms with E-state index in [9.17, 15) is 8.78 Å². The number of hydrogen-bond acceptors (Lipinski definition) is 2. The minimum Gasteiger partial charge on any atom is -0.300 e. The molecule has 0 aliphatic heterocycles. The van der Waals surface area contributed by atoms with Gasteiger partial charge in [0.25, 0.3) is 6.43 Å². The Kier molecular flexibility index (Phi) is 3.59. The van der Waals surface area contributed by atoms with Gasteiger partial charge in [0.1, 0.15) is 0 Å². The molecule has 0 saturated carbocycles. The van der Waals surface area contributed by atoms with Crippen LogP contribution in [-0.4, -0.2) is 0 Å². The maximum atomic E-state index is 12.3. The highest BCUT2D eigenvalue weighted by Gasteiger charge is 2.12. The Labute approximate surface area is 79.2 Å². The van der Waals surface area contributed by atoms with Crippen molar-refractivity contribution in [1.29, 1.82) is 0 Å². The fourth-order valence-corrected chi connectivity index (χ4v) is 1.20. The minimum absolute atomic E-state index is 0.0692. The van der Waals surface area contributed by atoms with E-state index in [0.29, 0.717) is 10.6 Å². The van der Waals surface area contributed by atoms with E-state index in [0.717, 1.165) is 0 Å². The third kappa shape index (κ3) is 2.62. The molecule has 0 aliphatic carbocycles. The summed E-state index contributed by atoms with van der Waals surface area (Å²) in [6, 6.07) is 4.08. The number of nitrogens with two attached hydrogens (primary N) is 1. The van der Waals surface area contributed by atoms with Crippen LogP contribution in [0.1, 0.15) is 17.6 Å². The zero-order valence-electron chi connectivity index (χ0n) is 6.64. The molecule has 0 radical (unpaired) electrons. The summed E-state index contributed by atoms with van der Waals surface area (Å²) < 4.78 is 24.7. The van der Waals surface area contributed by atoms with Crippen molar-refractivity contribution in [3.63, 3.8) is 0 Å². The first kappa shape index (κ1) is 10.4. The Bertz CT molecular complexity index is 293. The molecule has 0 aromatic heterocycles. The molecule has 0 bridgehead atoms. The third-order valence-corrected chi connectivity index (χ3v) is 1.81. The van der Waals surface area contributed by atoms with Crippen molar-refractivity contribution in [1.82, 2.24) is 0 Å². The van der Waals surface area contributed by atoms with Gasteiger partial charge in [0.2, 0.25) is 0 Å². The van der Waals surface area contributed by atoms with Crippen LogP contribution in [0.15, 0.2) is 18.2 Å². The van der Waals surface area contributed by atoms with Crippen molar-refractivity contribution in [3.8, 4) is 0 Å². The normalized spacial score (nSPS) is 10.8. The van der Waals surface area contributed by atoms with Crippen LogP contribution in [0, 0.1) is 0 Å². The van der Waals surface area contributed by atoms with Crippen LogP contribution in [0.5, 0.6) is 0 Å². The Morgan fingerprint density at radius 3 is 2.69 bits per heavy atom. The van der Waals surface area contributed by atoms with Crippen LogP contribution in [0.3, 0.4) is 0 Å². The minimum atomic E-state index is -2.54. The largest absolute Gasteiger partial charge is 0.300 e. The molecule has 1 rings (SSSR count). The quantitative estimate of drug-likeness (QED) is 0.774. The number of hydrogen-bond donors (Lipinski definition) is 1. The molecule has 0 unspecified atom stereocenters. The first-order valence-electron chi connectivity index (χ1n) is 3.53. The first-order valence-corrected chi connectivity index (χ1v) is 3.91. The van der Waals surface area contributed by atoms with Gasteiger partial charge in [0.05, 0.1) is 6.61 Å². The molecule has 0 saturated heterocycles. The second-order valence-electron chi connectivity index (χ2n) is 2.45. The van der Waals surface area contributed by atoms with Crippen LogP contribution in [-0.2, 0) is 11.4 Å². The summed E-state index contributed by atoms with van der Waals surface area (Å²) in [7, 11) is 0. The van der Waals surface area contributed by atoms with Crippen LogP contribution in [0.4, 0.5) is 8.78 Å². The molecule has 72 valence electrons. The zero-order chi connectivity index (χ0) is 9.84. The lowest BCUT2D eigenvalue weighted by Gasteiger charge is -2.07. The summed E-state index contributed by atoms with van der Waals surface area (Å²) in [4.78, 5) is 4.28. The maximum absolute atomic E-state index is 12.3. The van der Waals surface area contributed by atoms with Crippen molar-refractivity contribution < 1.29 is 13.6 Å². The lowest BCUT2D eigenvalue weighted by Crippen LogP contribution is -2.02. The molecule has 1 aromatic rings. The fourth-order valence-electron chi connectivity index (χ4n) is 1.00. The summed E-state index contributed by atoms with van der Waals surface area (Å²) in [6.07, 6.45) is -2.54. The van der Waals surface area contributed by atoms with E-state index in [-0.39, 0.29) is 12.2 Å². The van der Waals surface area contributed by atoms with E-state index < -0.39 is 6.43 Å². The third-order valence-electron chi connectivity index (χ3n) is 1.58. The number of rotatable bonds is 3. The molecule has 5 heteroatoms. The number of alkyl halides is 2. The lowest BCUT2D eigenvalue weighted by molar-refractivity contribution is 0.114. The van der Waals surface area contributed by atoms with Gasteiger partial charge in [0.15, 0.2) is 0 Å². The van der Waals surface area contributed by atoms with Gasteiger partial charge in [-0.15, -0.1) is 0 Å². The van der Waals surface area contributed by atoms with Crippen molar-refractivity contribution in [2.24, 2.45) is 5.90 Å². The molecule has 13 heavy (non-hydrogen) atoms. The Balaban J connectivity index is 3.03. The van der Waals surface area contributed by atoms with Gasteiger partial charge in [-0.25, -0.2) is 14.7 Å². The predicted molar refractivity (Wildman–Crippen MR) is 45.4 cm³/mol. The van der Waals surface area contributed by atoms with Crippen LogP contribution < -0.4 is 5.90 Å². The second kappa shape index (κ2) is 4.50. The Morgan fingerprint density at radius 1 is 1.46 bits per heavy atom. The van der Waals surface area contributed by atoms with Crippen molar-refractivity contribution in [2.75, 3.05) is 0 Å². The molecule has 0 aliphatic rings. The predicted octanol–water partition coefficient (Wildman–Crippen LogP) is 2.67. The monoisotopic (exact) mass is 207 g/mol. The summed E-state index contributed by atoms with van der Waals surface area (Å²) in [6.45, 7) is -0.0692. The average molecular weight is 208 g/mol. The average Bonchev–Trinajstić information content (AvgIpc) is 2.04. The zero-order valence-corrected chi connectivity index (χ0v) is 7.39. The highest BCUT2D eigenvalue weighted by Crippen LogP contribution is 2.25. The lowest BCUT2D eigenvalue weighted by atomic mass is 10.1. The van der Waals surface area contributed by atoms with E-state index in [1.54, 1.807) is 0 Å². The van der Waals surface area contributed by atoms with E-state index >= 15 is 0 Å². The fraction of sp³-hybridized carbons (Fsp3) is 0.250. The van der Waals surface area contributed by atoms with Crippen LogP contribution >= 0.6 is 11.6 Å². The molecular formula is C8H8ClF2NO. The van der Waals surface area contributed by atoms with Crippen molar-refractivity contribution >= 4 is 11.6 Å². The molecular weight excluding hydrogens is 200 g/mol. The van der Waals surface area contributed by atoms with E-state index in [1.807, 2.05) is 0 Å². The van der Waals surface area contributed by atoms with E-state index in [1.165, 1.54) is 18.2 Å². The van der Waals surface area contributed by atoms with E-state index in [2.05, 4.69) is 4.84 Å². The molecule has 1 aromatic carbocycles. The molecule has 0 heterocycles.